The number of ether oxygens (including phenoxy) is 1. The van der Waals surface area contributed by atoms with E-state index in [1.807, 2.05) is 53.4 Å². The third-order valence-electron chi connectivity index (χ3n) is 4.60. The van der Waals surface area contributed by atoms with E-state index in [1.54, 1.807) is 6.07 Å². The van der Waals surface area contributed by atoms with E-state index in [0.29, 0.717) is 19.4 Å². The minimum Gasteiger partial charge on any atom is -0.494 e. The lowest BCUT2D eigenvalue weighted by Crippen LogP contribution is -2.31. The number of fused-ring (bicyclic) bond motifs is 1. The van der Waals surface area contributed by atoms with Gasteiger partial charge >= 0.3 is 0 Å². The van der Waals surface area contributed by atoms with Crippen molar-refractivity contribution in [1.82, 2.24) is 4.98 Å². The fourth-order valence-corrected chi connectivity index (χ4v) is 3.09. The second kappa shape index (κ2) is 9.74. The number of amides is 1. The van der Waals surface area contributed by atoms with E-state index < -0.39 is 0 Å². The van der Waals surface area contributed by atoms with Gasteiger partial charge in [-0.3, -0.25) is 9.59 Å². The molecule has 28 heavy (non-hydrogen) atoms. The predicted octanol–water partition coefficient (Wildman–Crippen LogP) is 4.52. The number of nitrogens with zero attached hydrogens (tertiary/aromatic N) is 1. The Labute approximate surface area is 165 Å². The van der Waals surface area contributed by atoms with Crippen LogP contribution in [0.25, 0.3) is 10.9 Å². The van der Waals surface area contributed by atoms with Gasteiger partial charge in [-0.15, -0.1) is 0 Å². The molecule has 0 radical (unpaired) electrons. The number of carbonyl (C=O) groups is 1. The SMILES string of the molecule is CCCCN(C(=O)CCCOc1ccc2[nH]c(=O)ccc2c1)c1ccccc1. The van der Waals surface area contributed by atoms with Crippen LogP contribution in [0, 0.1) is 0 Å². The molecule has 5 nitrogen and oxygen atoms in total. The average molecular weight is 378 g/mol. The largest absolute Gasteiger partial charge is 0.494 e. The molecule has 0 atom stereocenters. The molecule has 0 unspecified atom stereocenters. The minimum absolute atomic E-state index is 0.120. The summed E-state index contributed by atoms with van der Waals surface area (Å²) in [5, 5.41) is 0.919. The molecular formula is C23H26N2O3. The third kappa shape index (κ3) is 5.22. The van der Waals surface area contributed by atoms with Gasteiger partial charge in [0.15, 0.2) is 0 Å². The molecule has 0 aliphatic rings. The van der Waals surface area contributed by atoms with Gasteiger partial charge in [0.2, 0.25) is 11.5 Å². The summed E-state index contributed by atoms with van der Waals surface area (Å²) in [4.78, 5) is 28.7. The molecule has 1 N–H and O–H groups in total. The van der Waals surface area contributed by atoms with E-state index in [1.165, 1.54) is 6.07 Å². The zero-order chi connectivity index (χ0) is 19.8. The molecule has 5 heteroatoms. The van der Waals surface area contributed by atoms with Gasteiger partial charge in [0.1, 0.15) is 5.75 Å². The first-order valence-electron chi connectivity index (χ1n) is 9.78. The first-order valence-corrected chi connectivity index (χ1v) is 9.78. The molecule has 2 aromatic carbocycles. The summed E-state index contributed by atoms with van der Waals surface area (Å²) >= 11 is 0. The van der Waals surface area contributed by atoms with Crippen LogP contribution in [0.3, 0.4) is 0 Å². The number of carbonyl (C=O) groups excluding carboxylic acids is 1. The van der Waals surface area contributed by atoms with Gasteiger partial charge in [-0.2, -0.15) is 0 Å². The van der Waals surface area contributed by atoms with Gasteiger partial charge < -0.3 is 14.6 Å². The molecule has 0 fully saturated rings. The fraction of sp³-hybridized carbons (Fsp3) is 0.304. The maximum absolute atomic E-state index is 12.7. The van der Waals surface area contributed by atoms with Gasteiger partial charge in [-0.1, -0.05) is 31.5 Å². The Morgan fingerprint density at radius 1 is 1.04 bits per heavy atom. The lowest BCUT2D eigenvalue weighted by atomic mass is 10.2. The molecule has 1 heterocycles. The molecule has 3 aromatic rings. The van der Waals surface area contributed by atoms with Crippen molar-refractivity contribution < 1.29 is 9.53 Å². The van der Waals surface area contributed by atoms with Crippen LogP contribution in [0.2, 0.25) is 0 Å². The molecule has 0 saturated carbocycles. The molecular weight excluding hydrogens is 352 g/mol. The molecule has 0 aliphatic heterocycles. The highest BCUT2D eigenvalue weighted by atomic mass is 16.5. The van der Waals surface area contributed by atoms with Crippen molar-refractivity contribution in [3.63, 3.8) is 0 Å². The number of aromatic nitrogens is 1. The summed E-state index contributed by atoms with van der Waals surface area (Å²) in [5.41, 5.74) is 1.61. The highest BCUT2D eigenvalue weighted by Crippen LogP contribution is 2.19. The van der Waals surface area contributed by atoms with Gasteiger partial charge in [0.25, 0.3) is 0 Å². The number of anilines is 1. The number of benzene rings is 2. The monoisotopic (exact) mass is 378 g/mol. The van der Waals surface area contributed by atoms with E-state index in [9.17, 15) is 9.59 Å². The first kappa shape index (κ1) is 19.7. The second-order valence-corrected chi connectivity index (χ2v) is 6.76. The van der Waals surface area contributed by atoms with Crippen molar-refractivity contribution in [2.24, 2.45) is 0 Å². The molecule has 0 spiro atoms. The van der Waals surface area contributed by atoms with Crippen molar-refractivity contribution in [2.75, 3.05) is 18.1 Å². The number of hydrogen-bond acceptors (Lipinski definition) is 3. The van der Waals surface area contributed by atoms with Gasteiger partial charge in [0.05, 0.1) is 6.61 Å². The zero-order valence-corrected chi connectivity index (χ0v) is 16.2. The van der Waals surface area contributed by atoms with E-state index in [0.717, 1.165) is 41.7 Å². The van der Waals surface area contributed by atoms with Crippen LogP contribution < -0.4 is 15.2 Å². The normalized spacial score (nSPS) is 10.8. The average Bonchev–Trinajstić information content (AvgIpc) is 2.72. The Bertz CT molecular complexity index is 966. The number of para-hydroxylation sites is 1. The Morgan fingerprint density at radius 3 is 2.64 bits per heavy atom. The van der Waals surface area contributed by atoms with Crippen LogP contribution in [0.15, 0.2) is 65.5 Å². The quantitative estimate of drug-likeness (QED) is 0.557. The zero-order valence-electron chi connectivity index (χ0n) is 16.2. The number of H-pyrrole nitrogens is 1. The van der Waals surface area contributed by atoms with Crippen molar-refractivity contribution in [2.45, 2.75) is 32.6 Å². The van der Waals surface area contributed by atoms with Crippen molar-refractivity contribution in [3.05, 3.63) is 71.0 Å². The van der Waals surface area contributed by atoms with Crippen LogP contribution in [0.1, 0.15) is 32.6 Å². The maximum atomic E-state index is 12.7. The number of pyridine rings is 1. The Kier molecular flexibility index (Phi) is 6.84. The smallest absolute Gasteiger partial charge is 0.248 e. The predicted molar refractivity (Wildman–Crippen MR) is 113 cm³/mol. The third-order valence-corrected chi connectivity index (χ3v) is 4.60. The fourth-order valence-electron chi connectivity index (χ4n) is 3.09. The Hall–Kier alpha value is -3.08. The summed E-state index contributed by atoms with van der Waals surface area (Å²) < 4.78 is 5.80. The number of unbranched alkanes of at least 4 members (excludes halogenated alkanes) is 1. The number of rotatable bonds is 9. The topological polar surface area (TPSA) is 62.4 Å². The highest BCUT2D eigenvalue weighted by Gasteiger charge is 2.14. The first-order chi connectivity index (χ1) is 13.7. The van der Waals surface area contributed by atoms with E-state index in [-0.39, 0.29) is 11.5 Å². The molecule has 3 rings (SSSR count). The van der Waals surface area contributed by atoms with E-state index in [4.69, 9.17) is 4.74 Å². The van der Waals surface area contributed by atoms with Crippen molar-refractivity contribution in [1.29, 1.82) is 0 Å². The summed E-state index contributed by atoms with van der Waals surface area (Å²) in [6, 6.07) is 18.7. The summed E-state index contributed by atoms with van der Waals surface area (Å²) in [6.07, 6.45) is 3.13. The summed E-state index contributed by atoms with van der Waals surface area (Å²) in [7, 11) is 0. The molecule has 0 aliphatic carbocycles. The molecule has 0 saturated heterocycles. The van der Waals surface area contributed by atoms with Crippen LogP contribution >= 0.6 is 0 Å². The molecule has 1 amide bonds. The number of nitrogens with one attached hydrogen (secondary N) is 1. The standard InChI is InChI=1S/C23H26N2O3/c1-2-3-15-25(19-8-5-4-6-9-19)23(27)10-7-16-28-20-12-13-21-18(17-20)11-14-22(26)24-21/h4-6,8-9,11-14,17H,2-3,7,10,15-16H2,1H3,(H,24,26). The Balaban J connectivity index is 1.53. The van der Waals surface area contributed by atoms with Crippen LogP contribution in [0.5, 0.6) is 5.75 Å². The van der Waals surface area contributed by atoms with Gasteiger partial charge in [0, 0.05) is 35.6 Å². The van der Waals surface area contributed by atoms with Crippen LogP contribution in [-0.2, 0) is 4.79 Å². The summed E-state index contributed by atoms with van der Waals surface area (Å²) in [6.45, 7) is 3.33. The van der Waals surface area contributed by atoms with E-state index in [2.05, 4.69) is 11.9 Å². The Morgan fingerprint density at radius 2 is 1.86 bits per heavy atom. The van der Waals surface area contributed by atoms with E-state index >= 15 is 0 Å². The van der Waals surface area contributed by atoms with Crippen molar-refractivity contribution >= 4 is 22.5 Å². The highest BCUT2D eigenvalue weighted by molar-refractivity contribution is 5.93. The summed E-state index contributed by atoms with van der Waals surface area (Å²) in [5.74, 6) is 0.859. The maximum Gasteiger partial charge on any atom is 0.248 e. The molecule has 1 aromatic heterocycles. The van der Waals surface area contributed by atoms with Gasteiger partial charge in [-0.05, 0) is 49.2 Å². The second-order valence-electron chi connectivity index (χ2n) is 6.76. The minimum atomic E-state index is -0.120. The lowest BCUT2D eigenvalue weighted by Gasteiger charge is -2.22. The van der Waals surface area contributed by atoms with Crippen LogP contribution in [-0.4, -0.2) is 24.0 Å². The van der Waals surface area contributed by atoms with Crippen LogP contribution in [0.4, 0.5) is 5.69 Å². The lowest BCUT2D eigenvalue weighted by molar-refractivity contribution is -0.118. The van der Waals surface area contributed by atoms with Gasteiger partial charge in [-0.25, -0.2) is 0 Å². The molecule has 146 valence electrons. The number of hydrogen-bond donors (Lipinski definition) is 1. The number of aromatic amines is 1. The van der Waals surface area contributed by atoms with Crippen molar-refractivity contribution in [3.8, 4) is 5.75 Å². The molecule has 0 bridgehead atoms.